The number of nitrogens with two attached hydrogens (primary N) is 1. The van der Waals surface area contributed by atoms with Gasteiger partial charge < -0.3 is 20.9 Å². The van der Waals surface area contributed by atoms with Gasteiger partial charge in [-0.15, -0.1) is 0 Å². The fraction of sp³-hybridized carbons (Fsp3) is 0.818. The van der Waals surface area contributed by atoms with E-state index in [0.29, 0.717) is 6.42 Å². The summed E-state index contributed by atoms with van der Waals surface area (Å²) in [5.74, 6) is -1.40. The van der Waals surface area contributed by atoms with Gasteiger partial charge in [-0.2, -0.15) is 0 Å². The molecule has 0 aromatic heterocycles. The average molecular weight is 246 g/mol. The number of hydrogen-bond acceptors (Lipinski definition) is 5. The van der Waals surface area contributed by atoms with Gasteiger partial charge in [-0.1, -0.05) is 13.3 Å². The first-order valence-corrected chi connectivity index (χ1v) is 5.76. The molecule has 0 spiro atoms. The molecule has 0 aliphatic heterocycles. The summed E-state index contributed by atoms with van der Waals surface area (Å²) < 4.78 is 4.62. The average Bonchev–Trinajstić information content (AvgIpc) is 2.25. The van der Waals surface area contributed by atoms with Crippen LogP contribution in [0.1, 0.15) is 33.6 Å². The molecule has 0 saturated carbocycles. The fourth-order valence-corrected chi connectivity index (χ4v) is 1.35. The second-order valence-electron chi connectivity index (χ2n) is 4.19. The maximum Gasteiger partial charge on any atom is 0.332 e. The molecule has 0 aromatic rings. The normalized spacial score (nSPS) is 15.8. The van der Waals surface area contributed by atoms with Crippen LogP contribution in [0.25, 0.3) is 0 Å². The summed E-state index contributed by atoms with van der Waals surface area (Å²) in [5.41, 5.74) is 4.39. The van der Waals surface area contributed by atoms with Gasteiger partial charge in [-0.3, -0.25) is 4.79 Å². The predicted molar refractivity (Wildman–Crippen MR) is 63.1 cm³/mol. The summed E-state index contributed by atoms with van der Waals surface area (Å²) in [6.45, 7) is 5.42. The molecule has 0 radical (unpaired) electrons. The van der Waals surface area contributed by atoms with E-state index in [2.05, 4.69) is 10.1 Å². The lowest BCUT2D eigenvalue weighted by atomic mass is 10.0. The molecule has 0 heterocycles. The van der Waals surface area contributed by atoms with E-state index in [0.717, 1.165) is 6.42 Å². The van der Waals surface area contributed by atoms with Crippen molar-refractivity contribution in [3.05, 3.63) is 0 Å². The molecule has 0 fully saturated rings. The van der Waals surface area contributed by atoms with Gasteiger partial charge >= 0.3 is 5.97 Å². The first-order valence-electron chi connectivity index (χ1n) is 5.76. The summed E-state index contributed by atoms with van der Waals surface area (Å²) in [4.78, 5) is 22.6. The van der Waals surface area contributed by atoms with Crippen LogP contribution in [0.5, 0.6) is 0 Å². The molecule has 0 aliphatic rings. The third kappa shape index (κ3) is 6.23. The Kier molecular flexibility index (Phi) is 6.75. The molecule has 0 rings (SSSR count). The number of esters is 1. The number of nitrogens with one attached hydrogen (secondary N) is 1. The van der Waals surface area contributed by atoms with Crippen molar-refractivity contribution in [3.8, 4) is 0 Å². The zero-order valence-electron chi connectivity index (χ0n) is 10.7. The van der Waals surface area contributed by atoms with E-state index in [4.69, 9.17) is 5.73 Å². The number of amides is 1. The third-order valence-electron chi connectivity index (χ3n) is 2.26. The molecule has 0 aliphatic carbocycles. The number of carbonyl (C=O) groups excluding carboxylic acids is 2. The van der Waals surface area contributed by atoms with Crippen molar-refractivity contribution in [2.75, 3.05) is 13.2 Å². The van der Waals surface area contributed by atoms with E-state index >= 15 is 0 Å². The lowest BCUT2D eigenvalue weighted by Crippen LogP contribution is -2.50. The highest BCUT2D eigenvalue weighted by molar-refractivity contribution is 6.01. The van der Waals surface area contributed by atoms with E-state index in [1.807, 2.05) is 6.92 Å². The Morgan fingerprint density at radius 1 is 1.47 bits per heavy atom. The number of aliphatic hydroxyl groups is 1. The lowest BCUT2D eigenvalue weighted by molar-refractivity contribution is -0.148. The topological polar surface area (TPSA) is 102 Å². The standard InChI is InChI=1S/C11H22N2O4/c1-4-6-11(3,16)7-13-9(14)8(12)10(15)17-5-2/h8,16H,4-7,12H2,1-3H3,(H,13,14). The molecule has 0 saturated heterocycles. The van der Waals surface area contributed by atoms with Crippen LogP contribution in [0.3, 0.4) is 0 Å². The lowest BCUT2D eigenvalue weighted by Gasteiger charge is -2.23. The molecule has 17 heavy (non-hydrogen) atoms. The highest BCUT2D eigenvalue weighted by Crippen LogP contribution is 2.09. The number of rotatable bonds is 7. The minimum Gasteiger partial charge on any atom is -0.464 e. The molecular weight excluding hydrogens is 224 g/mol. The molecule has 0 bridgehead atoms. The van der Waals surface area contributed by atoms with Gasteiger partial charge in [0.25, 0.3) is 0 Å². The van der Waals surface area contributed by atoms with Gasteiger partial charge in [-0.05, 0) is 20.3 Å². The van der Waals surface area contributed by atoms with E-state index < -0.39 is 23.5 Å². The minimum absolute atomic E-state index is 0.0623. The predicted octanol–water partition coefficient (Wildman–Crippen LogP) is -0.456. The second kappa shape index (κ2) is 7.24. The zero-order valence-corrected chi connectivity index (χ0v) is 10.7. The van der Waals surface area contributed by atoms with Crippen molar-refractivity contribution in [3.63, 3.8) is 0 Å². The zero-order chi connectivity index (χ0) is 13.5. The molecule has 1 amide bonds. The first-order chi connectivity index (χ1) is 7.84. The molecule has 4 N–H and O–H groups in total. The second-order valence-corrected chi connectivity index (χ2v) is 4.19. The third-order valence-corrected chi connectivity index (χ3v) is 2.26. The van der Waals surface area contributed by atoms with Crippen LogP contribution in [-0.4, -0.2) is 41.8 Å². The van der Waals surface area contributed by atoms with Crippen LogP contribution in [0, 0.1) is 0 Å². The van der Waals surface area contributed by atoms with Gasteiger partial charge in [0, 0.05) is 6.54 Å². The Hall–Kier alpha value is -1.14. The Morgan fingerprint density at radius 2 is 2.06 bits per heavy atom. The van der Waals surface area contributed by atoms with E-state index in [1.54, 1.807) is 13.8 Å². The van der Waals surface area contributed by atoms with Crippen molar-refractivity contribution >= 4 is 11.9 Å². The highest BCUT2D eigenvalue weighted by Gasteiger charge is 2.26. The van der Waals surface area contributed by atoms with E-state index in [1.165, 1.54) is 0 Å². The van der Waals surface area contributed by atoms with Gasteiger partial charge in [0.1, 0.15) is 0 Å². The van der Waals surface area contributed by atoms with Gasteiger partial charge in [0.05, 0.1) is 12.2 Å². The van der Waals surface area contributed by atoms with Gasteiger partial charge in [0.2, 0.25) is 5.91 Å². The molecule has 6 nitrogen and oxygen atoms in total. The Balaban J connectivity index is 4.13. The van der Waals surface area contributed by atoms with Crippen molar-refractivity contribution in [1.29, 1.82) is 0 Å². The number of hydrogen-bond donors (Lipinski definition) is 3. The summed E-state index contributed by atoms with van der Waals surface area (Å²) in [6.07, 6.45) is 1.36. The summed E-state index contributed by atoms with van der Waals surface area (Å²) >= 11 is 0. The highest BCUT2D eigenvalue weighted by atomic mass is 16.5. The van der Waals surface area contributed by atoms with E-state index in [9.17, 15) is 14.7 Å². The molecule has 6 heteroatoms. The smallest absolute Gasteiger partial charge is 0.332 e. The van der Waals surface area contributed by atoms with Crippen molar-refractivity contribution in [1.82, 2.24) is 5.32 Å². The van der Waals surface area contributed by atoms with Crippen LogP contribution in [0.15, 0.2) is 0 Å². The summed E-state index contributed by atoms with van der Waals surface area (Å²) in [6, 6.07) is -1.34. The summed E-state index contributed by atoms with van der Waals surface area (Å²) in [5, 5.41) is 12.2. The quantitative estimate of drug-likeness (QED) is 0.417. The molecular formula is C11H22N2O4. The number of ether oxygens (including phenoxy) is 1. The van der Waals surface area contributed by atoms with Crippen LogP contribution in [0.2, 0.25) is 0 Å². The largest absolute Gasteiger partial charge is 0.464 e. The maximum atomic E-state index is 11.5. The Morgan fingerprint density at radius 3 is 2.53 bits per heavy atom. The maximum absolute atomic E-state index is 11.5. The fourth-order valence-electron chi connectivity index (χ4n) is 1.35. The molecule has 100 valence electrons. The van der Waals surface area contributed by atoms with Crippen molar-refractivity contribution in [2.24, 2.45) is 5.73 Å². The van der Waals surface area contributed by atoms with Crippen LogP contribution in [-0.2, 0) is 14.3 Å². The van der Waals surface area contributed by atoms with Crippen LogP contribution < -0.4 is 11.1 Å². The molecule has 0 aromatic carbocycles. The Bertz CT molecular complexity index is 266. The molecule has 2 unspecified atom stereocenters. The molecule has 2 atom stereocenters. The van der Waals surface area contributed by atoms with Crippen molar-refractivity contribution < 1.29 is 19.4 Å². The number of carbonyl (C=O) groups is 2. The van der Waals surface area contributed by atoms with Gasteiger partial charge in [0.15, 0.2) is 6.04 Å². The van der Waals surface area contributed by atoms with Gasteiger partial charge in [-0.25, -0.2) is 4.79 Å². The first kappa shape index (κ1) is 15.9. The van der Waals surface area contributed by atoms with Crippen molar-refractivity contribution in [2.45, 2.75) is 45.3 Å². The van der Waals surface area contributed by atoms with Crippen LogP contribution >= 0.6 is 0 Å². The summed E-state index contributed by atoms with van der Waals surface area (Å²) in [7, 11) is 0. The monoisotopic (exact) mass is 246 g/mol. The van der Waals surface area contributed by atoms with Crippen LogP contribution in [0.4, 0.5) is 0 Å². The van der Waals surface area contributed by atoms with E-state index in [-0.39, 0.29) is 13.2 Å². The Labute approximate surface area is 102 Å². The SMILES string of the molecule is CCCC(C)(O)CNC(=O)C(N)C(=O)OCC. The minimum atomic E-state index is -1.34.